The summed E-state index contributed by atoms with van der Waals surface area (Å²) in [5, 5.41) is 3.09. The SMILES string of the molecule is C/C=C1\C(C)C1(C)NC(=O)c1ccccc1. The summed E-state index contributed by atoms with van der Waals surface area (Å²) in [6.07, 6.45) is 2.09. The number of allylic oxidation sites excluding steroid dienone is 1. The van der Waals surface area contributed by atoms with Crippen LogP contribution in [0.5, 0.6) is 0 Å². The second kappa shape index (κ2) is 3.78. The lowest BCUT2D eigenvalue weighted by Gasteiger charge is -2.12. The molecule has 0 aromatic heterocycles. The van der Waals surface area contributed by atoms with Gasteiger partial charge in [-0.15, -0.1) is 0 Å². The number of nitrogens with one attached hydrogen (secondary N) is 1. The summed E-state index contributed by atoms with van der Waals surface area (Å²) in [6, 6.07) is 9.34. The lowest BCUT2D eigenvalue weighted by Crippen LogP contribution is -2.36. The molecule has 16 heavy (non-hydrogen) atoms. The van der Waals surface area contributed by atoms with Gasteiger partial charge in [-0.1, -0.05) is 31.2 Å². The third-order valence-corrected chi connectivity index (χ3v) is 3.57. The molecule has 1 aromatic rings. The van der Waals surface area contributed by atoms with Gasteiger partial charge in [0.15, 0.2) is 0 Å². The first-order valence-corrected chi connectivity index (χ1v) is 5.64. The second-order valence-corrected chi connectivity index (χ2v) is 4.49. The number of carbonyl (C=O) groups excluding carboxylic acids is 1. The van der Waals surface area contributed by atoms with Gasteiger partial charge in [-0.05, 0) is 31.6 Å². The summed E-state index contributed by atoms with van der Waals surface area (Å²) in [7, 11) is 0. The fraction of sp³-hybridized carbons (Fsp3) is 0.357. The molecule has 2 atom stereocenters. The molecule has 0 saturated heterocycles. The molecule has 2 heteroatoms. The molecule has 2 unspecified atom stereocenters. The summed E-state index contributed by atoms with van der Waals surface area (Å²) < 4.78 is 0. The van der Waals surface area contributed by atoms with Crippen LogP contribution in [0.15, 0.2) is 42.0 Å². The van der Waals surface area contributed by atoms with Crippen LogP contribution >= 0.6 is 0 Å². The van der Waals surface area contributed by atoms with E-state index >= 15 is 0 Å². The van der Waals surface area contributed by atoms with E-state index in [0.717, 1.165) is 5.56 Å². The molecule has 1 aromatic carbocycles. The van der Waals surface area contributed by atoms with E-state index in [9.17, 15) is 4.79 Å². The topological polar surface area (TPSA) is 29.1 Å². The molecule has 1 aliphatic carbocycles. The normalized spacial score (nSPS) is 30.2. The first-order chi connectivity index (χ1) is 7.59. The van der Waals surface area contributed by atoms with Crippen molar-refractivity contribution < 1.29 is 4.79 Å². The van der Waals surface area contributed by atoms with Crippen LogP contribution < -0.4 is 5.32 Å². The van der Waals surface area contributed by atoms with Gasteiger partial charge in [0, 0.05) is 11.5 Å². The number of amides is 1. The molecule has 1 saturated carbocycles. The maximum atomic E-state index is 12.0. The van der Waals surface area contributed by atoms with E-state index < -0.39 is 0 Å². The minimum Gasteiger partial charge on any atom is -0.343 e. The van der Waals surface area contributed by atoms with Crippen LogP contribution in [0.2, 0.25) is 0 Å². The van der Waals surface area contributed by atoms with Gasteiger partial charge in [0.2, 0.25) is 0 Å². The van der Waals surface area contributed by atoms with E-state index in [2.05, 4.69) is 25.2 Å². The molecule has 0 spiro atoms. The molecule has 2 nitrogen and oxygen atoms in total. The van der Waals surface area contributed by atoms with Crippen LogP contribution in [0.25, 0.3) is 0 Å². The Kier molecular flexibility index (Phi) is 2.58. The van der Waals surface area contributed by atoms with Crippen LogP contribution in [0, 0.1) is 5.92 Å². The predicted octanol–water partition coefficient (Wildman–Crippen LogP) is 2.77. The van der Waals surface area contributed by atoms with Crippen molar-refractivity contribution in [2.45, 2.75) is 26.3 Å². The van der Waals surface area contributed by atoms with Gasteiger partial charge in [-0.3, -0.25) is 4.79 Å². The number of benzene rings is 1. The van der Waals surface area contributed by atoms with Crippen molar-refractivity contribution in [3.63, 3.8) is 0 Å². The van der Waals surface area contributed by atoms with E-state index in [1.54, 1.807) is 0 Å². The van der Waals surface area contributed by atoms with Gasteiger partial charge < -0.3 is 5.32 Å². The average molecular weight is 215 g/mol. The van der Waals surface area contributed by atoms with Crippen molar-refractivity contribution in [2.24, 2.45) is 5.92 Å². The maximum absolute atomic E-state index is 12.0. The third kappa shape index (κ3) is 1.64. The molecule has 0 aliphatic heterocycles. The number of hydrogen-bond donors (Lipinski definition) is 1. The number of carbonyl (C=O) groups is 1. The fourth-order valence-corrected chi connectivity index (χ4v) is 2.29. The molecule has 2 rings (SSSR count). The highest BCUT2D eigenvalue weighted by molar-refractivity contribution is 5.95. The van der Waals surface area contributed by atoms with Crippen molar-refractivity contribution >= 4 is 5.91 Å². The van der Waals surface area contributed by atoms with Crippen molar-refractivity contribution in [1.82, 2.24) is 5.32 Å². The molecule has 84 valence electrons. The Balaban J connectivity index is 2.11. The minimum atomic E-state index is -0.137. The van der Waals surface area contributed by atoms with Gasteiger partial charge in [0.25, 0.3) is 5.91 Å². The Morgan fingerprint density at radius 2 is 2.00 bits per heavy atom. The highest BCUT2D eigenvalue weighted by atomic mass is 16.1. The fourth-order valence-electron chi connectivity index (χ4n) is 2.29. The van der Waals surface area contributed by atoms with Crippen molar-refractivity contribution in [2.75, 3.05) is 0 Å². The predicted molar refractivity (Wildman–Crippen MR) is 65.2 cm³/mol. The summed E-state index contributed by atoms with van der Waals surface area (Å²) in [4.78, 5) is 12.0. The highest BCUT2D eigenvalue weighted by Gasteiger charge is 2.53. The van der Waals surface area contributed by atoms with Gasteiger partial charge in [-0.2, -0.15) is 0 Å². The van der Waals surface area contributed by atoms with Crippen LogP contribution in [0.3, 0.4) is 0 Å². The second-order valence-electron chi connectivity index (χ2n) is 4.49. The molecular formula is C14H17NO. The Labute approximate surface area is 96.4 Å². The first kappa shape index (κ1) is 10.9. The lowest BCUT2D eigenvalue weighted by molar-refractivity contribution is 0.0934. The standard InChI is InChI=1S/C14H17NO/c1-4-12-10(2)14(12,3)15-13(16)11-8-6-5-7-9-11/h4-10H,1-3H3,(H,15,16)/b12-4+. The van der Waals surface area contributed by atoms with Crippen LogP contribution in [-0.2, 0) is 0 Å². The monoisotopic (exact) mass is 215 g/mol. The molecule has 0 heterocycles. The smallest absolute Gasteiger partial charge is 0.251 e. The Hall–Kier alpha value is -1.57. The molecule has 1 fully saturated rings. The Morgan fingerprint density at radius 1 is 1.38 bits per heavy atom. The summed E-state index contributed by atoms with van der Waals surface area (Å²) in [6.45, 7) is 6.24. The molecule has 0 radical (unpaired) electrons. The lowest BCUT2D eigenvalue weighted by atomic mass is 10.2. The van der Waals surface area contributed by atoms with Gasteiger partial charge in [0.1, 0.15) is 0 Å². The molecule has 0 bridgehead atoms. The zero-order chi connectivity index (χ0) is 11.8. The quantitative estimate of drug-likeness (QED) is 0.755. The van der Waals surface area contributed by atoms with E-state index in [0.29, 0.717) is 5.92 Å². The minimum absolute atomic E-state index is 0.00630. The maximum Gasteiger partial charge on any atom is 0.251 e. The van der Waals surface area contributed by atoms with Gasteiger partial charge >= 0.3 is 0 Å². The zero-order valence-corrected chi connectivity index (χ0v) is 9.95. The molecular weight excluding hydrogens is 198 g/mol. The third-order valence-electron chi connectivity index (χ3n) is 3.57. The summed E-state index contributed by atoms with van der Waals surface area (Å²) in [5.41, 5.74) is 1.90. The summed E-state index contributed by atoms with van der Waals surface area (Å²) >= 11 is 0. The molecule has 1 aliphatic rings. The first-order valence-electron chi connectivity index (χ1n) is 5.64. The number of hydrogen-bond acceptors (Lipinski definition) is 1. The average Bonchev–Trinajstić information content (AvgIpc) is 2.81. The van der Waals surface area contributed by atoms with Gasteiger partial charge in [-0.25, -0.2) is 0 Å². The Morgan fingerprint density at radius 3 is 2.50 bits per heavy atom. The molecule has 1 amide bonds. The van der Waals surface area contributed by atoms with E-state index in [4.69, 9.17) is 0 Å². The van der Waals surface area contributed by atoms with Crippen LogP contribution in [-0.4, -0.2) is 11.4 Å². The van der Waals surface area contributed by atoms with E-state index in [1.807, 2.05) is 37.3 Å². The largest absolute Gasteiger partial charge is 0.343 e. The van der Waals surface area contributed by atoms with E-state index in [1.165, 1.54) is 5.57 Å². The van der Waals surface area contributed by atoms with Crippen LogP contribution in [0.1, 0.15) is 31.1 Å². The van der Waals surface area contributed by atoms with Gasteiger partial charge in [0.05, 0.1) is 5.54 Å². The van der Waals surface area contributed by atoms with Crippen molar-refractivity contribution in [3.05, 3.63) is 47.5 Å². The molecule has 1 N–H and O–H groups in total. The van der Waals surface area contributed by atoms with Crippen molar-refractivity contribution in [3.8, 4) is 0 Å². The number of rotatable bonds is 2. The Bertz CT molecular complexity index is 435. The van der Waals surface area contributed by atoms with E-state index in [-0.39, 0.29) is 11.4 Å². The van der Waals surface area contributed by atoms with Crippen LogP contribution in [0.4, 0.5) is 0 Å². The van der Waals surface area contributed by atoms with Crippen molar-refractivity contribution in [1.29, 1.82) is 0 Å². The highest BCUT2D eigenvalue weighted by Crippen LogP contribution is 2.49. The summed E-state index contributed by atoms with van der Waals surface area (Å²) in [5.74, 6) is 0.456. The zero-order valence-electron chi connectivity index (χ0n) is 9.95.